The quantitative estimate of drug-likeness (QED) is 0.872. The van der Waals surface area contributed by atoms with Crippen molar-refractivity contribution >= 4 is 0 Å². The van der Waals surface area contributed by atoms with E-state index in [1.807, 2.05) is 12.1 Å². The molecule has 2 rings (SSSR count). The zero-order chi connectivity index (χ0) is 15.3. The largest absolute Gasteiger partial charge is 0.496 e. The molecule has 0 saturated carbocycles. The number of para-hydroxylation sites is 1. The first-order chi connectivity index (χ1) is 10.1. The van der Waals surface area contributed by atoms with Gasteiger partial charge in [0.05, 0.1) is 19.8 Å². The number of hydrogen-bond acceptors (Lipinski definition) is 4. The molecule has 2 unspecified atom stereocenters. The van der Waals surface area contributed by atoms with Gasteiger partial charge in [0, 0.05) is 25.2 Å². The molecule has 2 N–H and O–H groups in total. The molecule has 4 nitrogen and oxygen atoms in total. The van der Waals surface area contributed by atoms with Gasteiger partial charge in [0.25, 0.3) is 0 Å². The number of rotatable bonds is 6. The minimum absolute atomic E-state index is 0.0637. The Morgan fingerprint density at radius 3 is 2.86 bits per heavy atom. The summed E-state index contributed by atoms with van der Waals surface area (Å²) in [7, 11) is 1.72. The topological polar surface area (TPSA) is 47.7 Å². The molecule has 0 aromatic heterocycles. The van der Waals surface area contributed by atoms with Crippen molar-refractivity contribution in [3.8, 4) is 5.75 Å². The maximum atomic E-state index is 6.14. The molecule has 0 amide bonds. The standard InChI is InChI=1S/C17H28N2O2/c1-4-15-12-19(9-10-21-15)17(2,13-18)11-14-7-5-6-8-16(14)20-3/h5-8,15H,4,9-13,18H2,1-3H3. The Kier molecular flexibility index (Phi) is 5.62. The van der Waals surface area contributed by atoms with E-state index >= 15 is 0 Å². The summed E-state index contributed by atoms with van der Waals surface area (Å²) in [4.78, 5) is 2.48. The maximum absolute atomic E-state index is 6.14. The molecule has 1 fully saturated rings. The van der Waals surface area contributed by atoms with E-state index in [4.69, 9.17) is 15.2 Å². The molecular formula is C17H28N2O2. The number of morpholine rings is 1. The van der Waals surface area contributed by atoms with E-state index in [-0.39, 0.29) is 5.54 Å². The predicted molar refractivity (Wildman–Crippen MR) is 85.8 cm³/mol. The molecule has 2 atom stereocenters. The smallest absolute Gasteiger partial charge is 0.122 e. The Hall–Kier alpha value is -1.10. The molecule has 1 saturated heterocycles. The average molecular weight is 292 g/mol. The lowest BCUT2D eigenvalue weighted by atomic mass is 9.89. The summed E-state index contributed by atoms with van der Waals surface area (Å²) in [5, 5.41) is 0. The lowest BCUT2D eigenvalue weighted by molar-refractivity contribution is -0.0649. The summed E-state index contributed by atoms with van der Waals surface area (Å²) < 4.78 is 11.3. The van der Waals surface area contributed by atoms with Crippen LogP contribution in [0.5, 0.6) is 5.75 Å². The van der Waals surface area contributed by atoms with Crippen molar-refractivity contribution in [2.75, 3.05) is 33.4 Å². The number of benzene rings is 1. The zero-order valence-corrected chi connectivity index (χ0v) is 13.5. The summed E-state index contributed by atoms with van der Waals surface area (Å²) in [6.45, 7) is 7.74. The predicted octanol–water partition coefficient (Wildman–Crippen LogP) is 2.07. The van der Waals surface area contributed by atoms with Crippen molar-refractivity contribution in [2.24, 2.45) is 5.73 Å². The van der Waals surface area contributed by atoms with Crippen LogP contribution in [0.4, 0.5) is 0 Å². The second-order valence-corrected chi connectivity index (χ2v) is 6.04. The van der Waals surface area contributed by atoms with Crippen molar-refractivity contribution in [3.63, 3.8) is 0 Å². The molecule has 0 aliphatic carbocycles. The second kappa shape index (κ2) is 7.25. The Bertz CT molecular complexity index is 452. The molecule has 1 heterocycles. The number of nitrogens with two attached hydrogens (primary N) is 1. The van der Waals surface area contributed by atoms with E-state index in [1.165, 1.54) is 5.56 Å². The van der Waals surface area contributed by atoms with Gasteiger partial charge in [-0.15, -0.1) is 0 Å². The van der Waals surface area contributed by atoms with Crippen molar-refractivity contribution < 1.29 is 9.47 Å². The summed E-state index contributed by atoms with van der Waals surface area (Å²) in [5.41, 5.74) is 7.29. The van der Waals surface area contributed by atoms with Crippen molar-refractivity contribution in [2.45, 2.75) is 38.3 Å². The van der Waals surface area contributed by atoms with Crippen LogP contribution >= 0.6 is 0 Å². The fourth-order valence-corrected chi connectivity index (χ4v) is 3.03. The van der Waals surface area contributed by atoms with Gasteiger partial charge in [0.15, 0.2) is 0 Å². The summed E-state index contributed by atoms with van der Waals surface area (Å²) in [6, 6.07) is 8.21. The molecule has 0 spiro atoms. The first kappa shape index (κ1) is 16.3. The highest BCUT2D eigenvalue weighted by atomic mass is 16.5. The molecule has 0 radical (unpaired) electrons. The van der Waals surface area contributed by atoms with Gasteiger partial charge in [0.1, 0.15) is 5.75 Å². The van der Waals surface area contributed by atoms with Crippen LogP contribution in [0.1, 0.15) is 25.8 Å². The first-order valence-electron chi connectivity index (χ1n) is 7.81. The fraction of sp³-hybridized carbons (Fsp3) is 0.647. The van der Waals surface area contributed by atoms with Crippen LogP contribution in [0.3, 0.4) is 0 Å². The van der Waals surface area contributed by atoms with Crippen LogP contribution in [0, 0.1) is 0 Å². The van der Waals surface area contributed by atoms with Gasteiger partial charge < -0.3 is 15.2 Å². The summed E-state index contributed by atoms with van der Waals surface area (Å²) in [6.07, 6.45) is 2.26. The molecule has 1 aliphatic rings. The van der Waals surface area contributed by atoms with Gasteiger partial charge in [-0.2, -0.15) is 0 Å². The summed E-state index contributed by atoms with van der Waals surface area (Å²) >= 11 is 0. The maximum Gasteiger partial charge on any atom is 0.122 e. The van der Waals surface area contributed by atoms with Crippen LogP contribution < -0.4 is 10.5 Å². The van der Waals surface area contributed by atoms with Gasteiger partial charge in [-0.05, 0) is 31.4 Å². The van der Waals surface area contributed by atoms with Gasteiger partial charge in [0.2, 0.25) is 0 Å². The van der Waals surface area contributed by atoms with Gasteiger partial charge >= 0.3 is 0 Å². The van der Waals surface area contributed by atoms with Crippen LogP contribution in [0.25, 0.3) is 0 Å². The van der Waals surface area contributed by atoms with E-state index in [9.17, 15) is 0 Å². The third-order valence-electron chi connectivity index (χ3n) is 4.56. The molecule has 0 bridgehead atoms. The molecule has 21 heavy (non-hydrogen) atoms. The van der Waals surface area contributed by atoms with Crippen LogP contribution in [0.15, 0.2) is 24.3 Å². The van der Waals surface area contributed by atoms with E-state index in [0.29, 0.717) is 12.6 Å². The van der Waals surface area contributed by atoms with Gasteiger partial charge in [-0.3, -0.25) is 4.90 Å². The zero-order valence-electron chi connectivity index (χ0n) is 13.5. The molecule has 118 valence electrons. The normalized spacial score (nSPS) is 22.8. The molecule has 1 aromatic carbocycles. The minimum Gasteiger partial charge on any atom is -0.496 e. The molecule has 1 aliphatic heterocycles. The Morgan fingerprint density at radius 2 is 2.19 bits per heavy atom. The van der Waals surface area contributed by atoms with Crippen molar-refractivity contribution in [1.29, 1.82) is 0 Å². The minimum atomic E-state index is -0.0637. The Morgan fingerprint density at radius 1 is 1.43 bits per heavy atom. The average Bonchev–Trinajstić information content (AvgIpc) is 2.55. The third-order valence-corrected chi connectivity index (χ3v) is 4.56. The van der Waals surface area contributed by atoms with E-state index in [2.05, 4.69) is 30.9 Å². The lowest BCUT2D eigenvalue weighted by Gasteiger charge is -2.45. The van der Waals surface area contributed by atoms with E-state index < -0.39 is 0 Å². The second-order valence-electron chi connectivity index (χ2n) is 6.04. The highest BCUT2D eigenvalue weighted by molar-refractivity contribution is 5.34. The SMILES string of the molecule is CCC1CN(C(C)(CN)Cc2ccccc2OC)CCO1. The van der Waals surface area contributed by atoms with E-state index in [0.717, 1.165) is 38.3 Å². The molecular weight excluding hydrogens is 264 g/mol. The fourth-order valence-electron chi connectivity index (χ4n) is 3.03. The third kappa shape index (κ3) is 3.76. The van der Waals surface area contributed by atoms with Crippen LogP contribution in [0.2, 0.25) is 0 Å². The monoisotopic (exact) mass is 292 g/mol. The van der Waals surface area contributed by atoms with Crippen molar-refractivity contribution in [3.05, 3.63) is 29.8 Å². The number of hydrogen-bond donors (Lipinski definition) is 1. The number of ether oxygens (including phenoxy) is 2. The van der Waals surface area contributed by atoms with Gasteiger partial charge in [-0.25, -0.2) is 0 Å². The first-order valence-corrected chi connectivity index (χ1v) is 7.81. The molecule has 1 aromatic rings. The Labute approximate surface area is 128 Å². The van der Waals surface area contributed by atoms with Gasteiger partial charge in [-0.1, -0.05) is 25.1 Å². The molecule has 4 heteroatoms. The number of nitrogens with zero attached hydrogens (tertiary/aromatic N) is 1. The highest BCUT2D eigenvalue weighted by Gasteiger charge is 2.34. The highest BCUT2D eigenvalue weighted by Crippen LogP contribution is 2.27. The van der Waals surface area contributed by atoms with Crippen LogP contribution in [-0.2, 0) is 11.2 Å². The Balaban J connectivity index is 2.16. The number of methoxy groups -OCH3 is 1. The van der Waals surface area contributed by atoms with Crippen molar-refractivity contribution in [1.82, 2.24) is 4.90 Å². The lowest BCUT2D eigenvalue weighted by Crippen LogP contribution is -2.58. The van der Waals surface area contributed by atoms with Crippen LogP contribution in [-0.4, -0.2) is 49.9 Å². The van der Waals surface area contributed by atoms with E-state index in [1.54, 1.807) is 7.11 Å². The summed E-state index contributed by atoms with van der Waals surface area (Å²) in [5.74, 6) is 0.942.